The van der Waals surface area contributed by atoms with Gasteiger partial charge in [0.2, 0.25) is 5.89 Å². The molecule has 0 bridgehead atoms. The molecule has 1 aliphatic heterocycles. The zero-order chi connectivity index (χ0) is 12.7. The summed E-state index contributed by atoms with van der Waals surface area (Å²) < 4.78 is 10.2. The fourth-order valence-electron chi connectivity index (χ4n) is 2.71. The summed E-state index contributed by atoms with van der Waals surface area (Å²) in [5.41, 5.74) is 0.956. The standard InChI is InChI=1S/C13H16N4O2/c1-2-11(12-14-13(19-16-12)9-3-4-9)17(6-1)8-10-5-7-18-15-10/h5,7,9,11H,1-4,6,8H2. The van der Waals surface area contributed by atoms with E-state index in [-0.39, 0.29) is 6.04 Å². The van der Waals surface area contributed by atoms with E-state index in [1.807, 2.05) is 6.07 Å². The van der Waals surface area contributed by atoms with E-state index >= 15 is 0 Å². The summed E-state index contributed by atoms with van der Waals surface area (Å²) in [5.74, 6) is 2.18. The molecule has 100 valence electrons. The summed E-state index contributed by atoms with van der Waals surface area (Å²) in [7, 11) is 0. The molecule has 1 atom stereocenters. The molecule has 0 aromatic carbocycles. The molecule has 0 spiro atoms. The maximum atomic E-state index is 5.36. The molecule has 4 rings (SSSR count). The van der Waals surface area contributed by atoms with E-state index in [0.29, 0.717) is 5.92 Å². The van der Waals surface area contributed by atoms with E-state index in [1.165, 1.54) is 12.8 Å². The lowest BCUT2D eigenvalue weighted by molar-refractivity contribution is 0.227. The molecule has 0 amide bonds. The van der Waals surface area contributed by atoms with Crippen molar-refractivity contribution in [2.24, 2.45) is 0 Å². The Kier molecular flexibility index (Phi) is 2.61. The Labute approximate surface area is 110 Å². The lowest BCUT2D eigenvalue weighted by Crippen LogP contribution is -2.23. The van der Waals surface area contributed by atoms with Crippen molar-refractivity contribution in [3.05, 3.63) is 29.7 Å². The van der Waals surface area contributed by atoms with Gasteiger partial charge in [0.1, 0.15) is 6.26 Å². The van der Waals surface area contributed by atoms with E-state index in [1.54, 1.807) is 6.26 Å². The molecule has 1 saturated heterocycles. The molecule has 6 heteroatoms. The van der Waals surface area contributed by atoms with Gasteiger partial charge in [-0.1, -0.05) is 10.3 Å². The first kappa shape index (κ1) is 11.2. The zero-order valence-corrected chi connectivity index (χ0v) is 10.7. The van der Waals surface area contributed by atoms with Gasteiger partial charge in [0.15, 0.2) is 5.82 Å². The summed E-state index contributed by atoms with van der Waals surface area (Å²) in [4.78, 5) is 6.92. The topological polar surface area (TPSA) is 68.2 Å². The molecular formula is C13H16N4O2. The Hall–Kier alpha value is -1.69. The molecule has 6 nitrogen and oxygen atoms in total. The summed E-state index contributed by atoms with van der Waals surface area (Å²) in [6.07, 6.45) is 6.24. The van der Waals surface area contributed by atoms with E-state index in [0.717, 1.165) is 43.3 Å². The van der Waals surface area contributed by atoms with Crippen LogP contribution in [0.1, 0.15) is 55.1 Å². The van der Waals surface area contributed by atoms with Gasteiger partial charge in [-0.25, -0.2) is 0 Å². The number of hydrogen-bond acceptors (Lipinski definition) is 6. The third kappa shape index (κ3) is 2.16. The number of nitrogens with zero attached hydrogens (tertiary/aromatic N) is 4. The highest BCUT2D eigenvalue weighted by molar-refractivity contribution is 5.06. The van der Waals surface area contributed by atoms with E-state index < -0.39 is 0 Å². The van der Waals surface area contributed by atoms with Gasteiger partial charge in [-0.05, 0) is 32.2 Å². The molecule has 1 unspecified atom stereocenters. The minimum Gasteiger partial charge on any atom is -0.364 e. The molecule has 0 radical (unpaired) electrons. The van der Waals surface area contributed by atoms with Gasteiger partial charge < -0.3 is 9.05 Å². The average molecular weight is 260 g/mol. The third-order valence-electron chi connectivity index (χ3n) is 3.90. The quantitative estimate of drug-likeness (QED) is 0.840. The number of aromatic nitrogens is 3. The van der Waals surface area contributed by atoms with Crippen molar-refractivity contribution in [2.75, 3.05) is 6.54 Å². The number of rotatable bonds is 4. The van der Waals surface area contributed by atoms with Gasteiger partial charge in [0, 0.05) is 18.5 Å². The van der Waals surface area contributed by atoms with Crippen LogP contribution in [0.15, 0.2) is 21.4 Å². The minimum absolute atomic E-state index is 0.257. The van der Waals surface area contributed by atoms with Gasteiger partial charge in [-0.2, -0.15) is 4.98 Å². The fraction of sp³-hybridized carbons (Fsp3) is 0.615. The molecule has 1 aliphatic carbocycles. The Morgan fingerprint density at radius 2 is 2.21 bits per heavy atom. The molecular weight excluding hydrogens is 244 g/mol. The van der Waals surface area contributed by atoms with Crippen LogP contribution in [0.25, 0.3) is 0 Å². The van der Waals surface area contributed by atoms with Crippen LogP contribution in [0, 0.1) is 0 Å². The smallest absolute Gasteiger partial charge is 0.229 e. The predicted octanol–water partition coefficient (Wildman–Crippen LogP) is 2.27. The van der Waals surface area contributed by atoms with Crippen LogP contribution < -0.4 is 0 Å². The van der Waals surface area contributed by atoms with Gasteiger partial charge in [-0.3, -0.25) is 4.90 Å². The Morgan fingerprint density at radius 1 is 1.26 bits per heavy atom. The fourth-order valence-corrected chi connectivity index (χ4v) is 2.71. The third-order valence-corrected chi connectivity index (χ3v) is 3.90. The van der Waals surface area contributed by atoms with Crippen LogP contribution in [0.4, 0.5) is 0 Å². The SMILES string of the molecule is c1cc(CN2CCCC2c2noc(C3CC3)n2)no1. The van der Waals surface area contributed by atoms with Crippen molar-refractivity contribution in [1.82, 2.24) is 20.2 Å². The largest absolute Gasteiger partial charge is 0.364 e. The van der Waals surface area contributed by atoms with Crippen molar-refractivity contribution < 1.29 is 9.05 Å². The molecule has 1 saturated carbocycles. The van der Waals surface area contributed by atoms with Crippen LogP contribution in [-0.2, 0) is 6.54 Å². The highest BCUT2D eigenvalue weighted by atomic mass is 16.5. The Bertz CT molecular complexity index is 547. The second-order valence-corrected chi connectivity index (χ2v) is 5.38. The Balaban J connectivity index is 1.51. The summed E-state index contributed by atoms with van der Waals surface area (Å²) in [5, 5.41) is 8.14. The molecule has 3 heterocycles. The number of likely N-dealkylation sites (tertiary alicyclic amines) is 1. The minimum atomic E-state index is 0.257. The van der Waals surface area contributed by atoms with Crippen LogP contribution in [0.2, 0.25) is 0 Å². The molecule has 0 N–H and O–H groups in total. The average Bonchev–Trinajstić information content (AvgIpc) is 2.89. The molecule has 2 aliphatic rings. The molecule has 2 fully saturated rings. The lowest BCUT2D eigenvalue weighted by atomic mass is 10.2. The zero-order valence-electron chi connectivity index (χ0n) is 10.7. The molecule has 2 aromatic heterocycles. The lowest BCUT2D eigenvalue weighted by Gasteiger charge is -2.20. The first-order valence-corrected chi connectivity index (χ1v) is 6.87. The van der Waals surface area contributed by atoms with Gasteiger partial charge in [0.25, 0.3) is 0 Å². The van der Waals surface area contributed by atoms with Crippen molar-refractivity contribution in [2.45, 2.75) is 44.2 Å². The van der Waals surface area contributed by atoms with Gasteiger partial charge in [0.05, 0.1) is 11.7 Å². The summed E-state index contributed by atoms with van der Waals surface area (Å²) in [6, 6.07) is 2.16. The summed E-state index contributed by atoms with van der Waals surface area (Å²) in [6.45, 7) is 1.83. The second-order valence-electron chi connectivity index (χ2n) is 5.38. The van der Waals surface area contributed by atoms with Crippen LogP contribution in [0.3, 0.4) is 0 Å². The van der Waals surface area contributed by atoms with Crippen LogP contribution in [0.5, 0.6) is 0 Å². The summed E-state index contributed by atoms with van der Waals surface area (Å²) >= 11 is 0. The van der Waals surface area contributed by atoms with Gasteiger partial charge in [-0.15, -0.1) is 0 Å². The highest BCUT2D eigenvalue weighted by Gasteiger charge is 2.34. The Morgan fingerprint density at radius 3 is 3.00 bits per heavy atom. The first-order chi connectivity index (χ1) is 9.40. The first-order valence-electron chi connectivity index (χ1n) is 6.87. The monoisotopic (exact) mass is 260 g/mol. The maximum Gasteiger partial charge on any atom is 0.229 e. The van der Waals surface area contributed by atoms with Crippen LogP contribution in [-0.4, -0.2) is 26.7 Å². The van der Waals surface area contributed by atoms with E-state index in [4.69, 9.17) is 9.05 Å². The van der Waals surface area contributed by atoms with Gasteiger partial charge >= 0.3 is 0 Å². The number of hydrogen-bond donors (Lipinski definition) is 0. The van der Waals surface area contributed by atoms with E-state index in [2.05, 4.69) is 20.2 Å². The van der Waals surface area contributed by atoms with E-state index in [9.17, 15) is 0 Å². The van der Waals surface area contributed by atoms with Crippen molar-refractivity contribution in [3.63, 3.8) is 0 Å². The van der Waals surface area contributed by atoms with Crippen molar-refractivity contribution in [3.8, 4) is 0 Å². The molecule has 2 aromatic rings. The predicted molar refractivity (Wildman–Crippen MR) is 65.2 cm³/mol. The van der Waals surface area contributed by atoms with Crippen molar-refractivity contribution in [1.29, 1.82) is 0 Å². The van der Waals surface area contributed by atoms with Crippen LogP contribution >= 0.6 is 0 Å². The maximum absolute atomic E-state index is 5.36. The normalized spacial score (nSPS) is 24.1. The highest BCUT2D eigenvalue weighted by Crippen LogP contribution is 2.40. The van der Waals surface area contributed by atoms with Crippen molar-refractivity contribution >= 4 is 0 Å². The molecule has 19 heavy (non-hydrogen) atoms. The second kappa shape index (κ2) is 4.45.